The Morgan fingerprint density at radius 1 is 1.57 bits per heavy atom. The van der Waals surface area contributed by atoms with Crippen molar-refractivity contribution in [1.29, 1.82) is 0 Å². The third kappa shape index (κ3) is 2.45. The standard InChI is InChI=1S/C10H10ClFO2/c1-2-6-3-7(5-9(13)14)10(12)8(11)4-6/h3-4H,2,5H2,1H3,(H,13,14). The number of aryl methyl sites for hydroxylation is 1. The third-order valence-corrected chi connectivity index (χ3v) is 2.19. The molecule has 14 heavy (non-hydrogen) atoms. The van der Waals surface area contributed by atoms with Crippen molar-refractivity contribution in [3.63, 3.8) is 0 Å². The van der Waals surface area contributed by atoms with E-state index in [2.05, 4.69) is 0 Å². The first-order valence-electron chi connectivity index (χ1n) is 4.23. The second-order valence-electron chi connectivity index (χ2n) is 2.97. The minimum atomic E-state index is -1.06. The van der Waals surface area contributed by atoms with Gasteiger partial charge in [-0.3, -0.25) is 4.79 Å². The molecule has 0 aromatic heterocycles. The van der Waals surface area contributed by atoms with E-state index >= 15 is 0 Å². The van der Waals surface area contributed by atoms with Crippen LogP contribution in [-0.4, -0.2) is 11.1 Å². The molecule has 0 saturated carbocycles. The highest BCUT2D eigenvalue weighted by Gasteiger charge is 2.11. The van der Waals surface area contributed by atoms with Crippen LogP contribution >= 0.6 is 11.6 Å². The summed E-state index contributed by atoms with van der Waals surface area (Å²) in [7, 11) is 0. The van der Waals surface area contributed by atoms with Crippen molar-refractivity contribution in [2.24, 2.45) is 0 Å². The van der Waals surface area contributed by atoms with Crippen molar-refractivity contribution in [3.8, 4) is 0 Å². The van der Waals surface area contributed by atoms with Gasteiger partial charge in [0.15, 0.2) is 0 Å². The normalized spacial score (nSPS) is 10.2. The molecule has 0 heterocycles. The maximum atomic E-state index is 13.3. The Morgan fingerprint density at radius 2 is 2.21 bits per heavy atom. The molecular formula is C10H10ClFO2. The minimum Gasteiger partial charge on any atom is -0.481 e. The van der Waals surface area contributed by atoms with Crippen molar-refractivity contribution in [2.75, 3.05) is 0 Å². The van der Waals surface area contributed by atoms with Crippen LogP contribution in [0.2, 0.25) is 5.02 Å². The molecule has 4 heteroatoms. The summed E-state index contributed by atoms with van der Waals surface area (Å²) < 4.78 is 13.3. The first-order chi connectivity index (χ1) is 6.54. The first-order valence-corrected chi connectivity index (χ1v) is 4.61. The van der Waals surface area contributed by atoms with Gasteiger partial charge < -0.3 is 5.11 Å². The van der Waals surface area contributed by atoms with E-state index in [1.54, 1.807) is 0 Å². The summed E-state index contributed by atoms with van der Waals surface area (Å²) in [6, 6.07) is 3.05. The van der Waals surface area contributed by atoms with Gasteiger partial charge in [0.05, 0.1) is 11.4 Å². The van der Waals surface area contributed by atoms with E-state index in [-0.39, 0.29) is 17.0 Å². The van der Waals surface area contributed by atoms with Crippen LogP contribution in [-0.2, 0) is 17.6 Å². The van der Waals surface area contributed by atoms with Crippen LogP contribution in [0.3, 0.4) is 0 Å². The monoisotopic (exact) mass is 216 g/mol. The third-order valence-electron chi connectivity index (χ3n) is 1.91. The summed E-state index contributed by atoms with van der Waals surface area (Å²) in [6.45, 7) is 1.90. The predicted octanol–water partition coefficient (Wildman–Crippen LogP) is 2.67. The SMILES string of the molecule is CCc1cc(Cl)c(F)c(CC(=O)O)c1. The van der Waals surface area contributed by atoms with Gasteiger partial charge in [0.2, 0.25) is 0 Å². The van der Waals surface area contributed by atoms with Crippen LogP contribution in [0.4, 0.5) is 4.39 Å². The minimum absolute atomic E-state index is 0.0133. The molecule has 1 N–H and O–H groups in total. The Bertz CT molecular complexity index is 363. The van der Waals surface area contributed by atoms with Crippen LogP contribution in [0.1, 0.15) is 18.1 Å². The molecule has 0 fully saturated rings. The Hall–Kier alpha value is -1.09. The topological polar surface area (TPSA) is 37.3 Å². The summed E-state index contributed by atoms with van der Waals surface area (Å²) in [5, 5.41) is 8.52. The molecule has 0 aliphatic carbocycles. The molecule has 0 aliphatic rings. The van der Waals surface area contributed by atoms with Crippen LogP contribution < -0.4 is 0 Å². The van der Waals surface area contributed by atoms with Crippen LogP contribution in [0.5, 0.6) is 0 Å². The number of halogens is 2. The number of hydrogen-bond acceptors (Lipinski definition) is 1. The van der Waals surface area contributed by atoms with Gasteiger partial charge in [-0.05, 0) is 18.1 Å². The van der Waals surface area contributed by atoms with E-state index in [1.807, 2.05) is 6.92 Å². The van der Waals surface area contributed by atoms with Gasteiger partial charge in [-0.15, -0.1) is 0 Å². The van der Waals surface area contributed by atoms with E-state index in [1.165, 1.54) is 12.1 Å². The van der Waals surface area contributed by atoms with Crippen LogP contribution in [0, 0.1) is 5.82 Å². The van der Waals surface area contributed by atoms with Gasteiger partial charge in [-0.25, -0.2) is 4.39 Å². The molecule has 0 bridgehead atoms. The number of carboxylic acids is 1. The average molecular weight is 217 g/mol. The maximum Gasteiger partial charge on any atom is 0.307 e. The van der Waals surface area contributed by atoms with Gasteiger partial charge in [0.1, 0.15) is 5.82 Å². The average Bonchev–Trinajstić information content (AvgIpc) is 2.11. The summed E-state index contributed by atoms with van der Waals surface area (Å²) in [6.07, 6.45) is 0.367. The summed E-state index contributed by atoms with van der Waals surface area (Å²) in [5.74, 6) is -1.69. The zero-order valence-electron chi connectivity index (χ0n) is 7.68. The highest BCUT2D eigenvalue weighted by atomic mass is 35.5. The van der Waals surface area contributed by atoms with Crippen LogP contribution in [0.15, 0.2) is 12.1 Å². The number of hydrogen-bond donors (Lipinski definition) is 1. The molecule has 0 aliphatic heterocycles. The lowest BCUT2D eigenvalue weighted by atomic mass is 10.1. The Morgan fingerprint density at radius 3 is 2.71 bits per heavy atom. The summed E-state index contributed by atoms with van der Waals surface area (Å²) >= 11 is 5.61. The van der Waals surface area contributed by atoms with Gasteiger partial charge >= 0.3 is 5.97 Å². The highest BCUT2D eigenvalue weighted by Crippen LogP contribution is 2.21. The van der Waals surface area contributed by atoms with Crippen molar-refractivity contribution in [2.45, 2.75) is 19.8 Å². The van der Waals surface area contributed by atoms with Crippen molar-refractivity contribution >= 4 is 17.6 Å². The fraction of sp³-hybridized carbons (Fsp3) is 0.300. The highest BCUT2D eigenvalue weighted by molar-refractivity contribution is 6.30. The largest absolute Gasteiger partial charge is 0.481 e. The Labute approximate surface area is 86.3 Å². The second-order valence-corrected chi connectivity index (χ2v) is 3.38. The van der Waals surface area contributed by atoms with Gasteiger partial charge in [-0.2, -0.15) is 0 Å². The molecule has 0 unspecified atom stereocenters. The lowest BCUT2D eigenvalue weighted by Crippen LogP contribution is -2.03. The Balaban J connectivity index is 3.13. The van der Waals surface area contributed by atoms with Crippen LogP contribution in [0.25, 0.3) is 0 Å². The van der Waals surface area contributed by atoms with Crippen molar-refractivity contribution in [3.05, 3.63) is 34.1 Å². The van der Waals surface area contributed by atoms with Gasteiger partial charge in [0, 0.05) is 5.56 Å². The fourth-order valence-electron chi connectivity index (χ4n) is 1.20. The number of carbonyl (C=O) groups is 1. The molecular weight excluding hydrogens is 207 g/mol. The van der Waals surface area contributed by atoms with E-state index < -0.39 is 11.8 Å². The molecule has 0 saturated heterocycles. The predicted molar refractivity (Wildman–Crippen MR) is 52.1 cm³/mol. The molecule has 2 nitrogen and oxygen atoms in total. The smallest absolute Gasteiger partial charge is 0.307 e. The molecule has 1 aromatic carbocycles. The van der Waals surface area contributed by atoms with E-state index in [0.29, 0.717) is 6.42 Å². The molecule has 1 rings (SSSR count). The molecule has 0 amide bonds. The van der Waals surface area contributed by atoms with E-state index in [0.717, 1.165) is 5.56 Å². The molecule has 76 valence electrons. The molecule has 0 atom stereocenters. The van der Waals surface area contributed by atoms with E-state index in [9.17, 15) is 9.18 Å². The quantitative estimate of drug-likeness (QED) is 0.844. The maximum absolute atomic E-state index is 13.3. The zero-order chi connectivity index (χ0) is 10.7. The van der Waals surface area contributed by atoms with Gasteiger partial charge in [-0.1, -0.05) is 24.6 Å². The first kappa shape index (κ1) is 11.0. The van der Waals surface area contributed by atoms with Crippen molar-refractivity contribution < 1.29 is 14.3 Å². The number of rotatable bonds is 3. The number of benzene rings is 1. The van der Waals surface area contributed by atoms with Gasteiger partial charge in [0.25, 0.3) is 0 Å². The molecule has 1 aromatic rings. The lowest BCUT2D eigenvalue weighted by molar-refractivity contribution is -0.136. The summed E-state index contributed by atoms with van der Waals surface area (Å²) in [5.41, 5.74) is 0.981. The fourth-order valence-corrected chi connectivity index (χ4v) is 1.47. The van der Waals surface area contributed by atoms with Crippen molar-refractivity contribution in [1.82, 2.24) is 0 Å². The lowest BCUT2D eigenvalue weighted by Gasteiger charge is -2.05. The zero-order valence-corrected chi connectivity index (χ0v) is 8.44. The molecule has 0 spiro atoms. The number of aliphatic carboxylic acids is 1. The Kier molecular flexibility index (Phi) is 3.47. The second kappa shape index (κ2) is 4.42. The van der Waals surface area contributed by atoms with E-state index in [4.69, 9.17) is 16.7 Å². The summed E-state index contributed by atoms with van der Waals surface area (Å²) in [4.78, 5) is 10.4. The number of carboxylic acid groups (broad SMARTS) is 1. The molecule has 0 radical (unpaired) electrons.